The Labute approximate surface area is 218 Å². The van der Waals surface area contributed by atoms with E-state index in [0.29, 0.717) is 23.0 Å². The fraction of sp³-hybridized carbons (Fsp3) is 0.500. The van der Waals surface area contributed by atoms with Crippen molar-refractivity contribution in [3.05, 3.63) is 69.7 Å². The van der Waals surface area contributed by atoms with Crippen LogP contribution in [-0.4, -0.2) is 55.5 Å². The molecule has 1 heterocycles. The molecule has 3 rings (SSSR count). The summed E-state index contributed by atoms with van der Waals surface area (Å²) < 4.78 is 32.0. The van der Waals surface area contributed by atoms with Crippen molar-refractivity contribution in [2.75, 3.05) is 19.3 Å². The van der Waals surface area contributed by atoms with Crippen LogP contribution in [0.1, 0.15) is 57.4 Å². The van der Waals surface area contributed by atoms with Gasteiger partial charge in [-0.05, 0) is 69.6 Å². The number of morpholine rings is 1. The zero-order valence-corrected chi connectivity index (χ0v) is 23.1. The van der Waals surface area contributed by atoms with Crippen LogP contribution in [0.5, 0.6) is 0 Å². The maximum Gasteiger partial charge on any atom is 0.253 e. The number of sulfone groups is 1. The second kappa shape index (κ2) is 11.2. The summed E-state index contributed by atoms with van der Waals surface area (Å²) in [5, 5.41) is 4.15. The third kappa shape index (κ3) is 6.20. The first-order valence-electron chi connectivity index (χ1n) is 11.7. The summed E-state index contributed by atoms with van der Waals surface area (Å²) in [5.41, 5.74) is 1.62. The van der Waals surface area contributed by atoms with Crippen molar-refractivity contribution < 1.29 is 17.9 Å². The van der Waals surface area contributed by atoms with Gasteiger partial charge in [0.25, 0.3) is 5.91 Å². The minimum absolute atomic E-state index is 0.141. The van der Waals surface area contributed by atoms with Crippen LogP contribution in [0.2, 0.25) is 10.0 Å². The first-order valence-corrected chi connectivity index (χ1v) is 14.2. The number of nitrogens with zero attached hydrogens (tertiary/aromatic N) is 1. The van der Waals surface area contributed by atoms with Crippen LogP contribution in [-0.2, 0) is 19.4 Å². The Morgan fingerprint density at radius 3 is 2.26 bits per heavy atom. The SMILES string of the molecule is CC[C@@H](CS(=O)(=O)C(C)(C)C)N1C(=O)[C@@H](CNC)O[C@H](c2cccc(Cl)c2)[C@H]1c1ccc(Cl)cc1. The Hall–Kier alpha value is -1.64. The lowest BCUT2D eigenvalue weighted by molar-refractivity contribution is -0.177. The molecule has 1 aliphatic rings. The van der Waals surface area contributed by atoms with Gasteiger partial charge in [-0.3, -0.25) is 4.79 Å². The molecule has 1 amide bonds. The first kappa shape index (κ1) is 27.9. The largest absolute Gasteiger partial charge is 0.357 e. The van der Waals surface area contributed by atoms with Gasteiger partial charge < -0.3 is 15.0 Å². The summed E-state index contributed by atoms with van der Waals surface area (Å²) in [5.74, 6) is -0.384. The molecule has 1 N–H and O–H groups in total. The number of halogens is 2. The highest BCUT2D eigenvalue weighted by molar-refractivity contribution is 7.92. The Kier molecular flexibility index (Phi) is 8.92. The Morgan fingerprint density at radius 1 is 1.06 bits per heavy atom. The van der Waals surface area contributed by atoms with E-state index >= 15 is 0 Å². The van der Waals surface area contributed by atoms with Gasteiger partial charge in [-0.25, -0.2) is 8.42 Å². The second-order valence-corrected chi connectivity index (χ2v) is 13.5. The number of carbonyl (C=O) groups is 1. The predicted molar refractivity (Wildman–Crippen MR) is 142 cm³/mol. The van der Waals surface area contributed by atoms with Crippen molar-refractivity contribution >= 4 is 38.9 Å². The van der Waals surface area contributed by atoms with E-state index < -0.39 is 38.9 Å². The van der Waals surface area contributed by atoms with Crippen molar-refractivity contribution in [1.82, 2.24) is 10.2 Å². The molecule has 0 unspecified atom stereocenters. The summed E-state index contributed by atoms with van der Waals surface area (Å²) in [6.45, 7) is 7.26. The van der Waals surface area contributed by atoms with Crippen LogP contribution in [0, 0.1) is 0 Å². The lowest BCUT2D eigenvalue weighted by atomic mass is 9.90. The highest BCUT2D eigenvalue weighted by Crippen LogP contribution is 2.44. The number of hydrogen-bond donors (Lipinski definition) is 1. The molecule has 6 nitrogen and oxygen atoms in total. The van der Waals surface area contributed by atoms with E-state index in [1.165, 1.54) is 0 Å². The molecule has 35 heavy (non-hydrogen) atoms. The van der Waals surface area contributed by atoms with Crippen molar-refractivity contribution in [2.24, 2.45) is 0 Å². The molecule has 0 aliphatic carbocycles. The number of ether oxygens (including phenoxy) is 1. The van der Waals surface area contributed by atoms with Crippen molar-refractivity contribution in [1.29, 1.82) is 0 Å². The minimum atomic E-state index is -3.51. The fourth-order valence-corrected chi connectivity index (χ4v) is 6.05. The van der Waals surface area contributed by atoms with E-state index in [0.717, 1.165) is 11.1 Å². The molecule has 0 saturated carbocycles. The molecule has 0 aromatic heterocycles. The lowest BCUT2D eigenvalue weighted by Gasteiger charge is -2.48. The number of benzene rings is 2. The van der Waals surface area contributed by atoms with Gasteiger partial charge in [0.15, 0.2) is 9.84 Å². The molecule has 1 saturated heterocycles. The smallest absolute Gasteiger partial charge is 0.253 e. The van der Waals surface area contributed by atoms with Crippen LogP contribution in [0.4, 0.5) is 0 Å². The van der Waals surface area contributed by atoms with E-state index in [-0.39, 0.29) is 11.7 Å². The number of likely N-dealkylation sites (N-methyl/N-ethyl adjacent to an activating group) is 1. The fourth-order valence-electron chi connectivity index (χ4n) is 4.32. The quantitative estimate of drug-likeness (QED) is 0.497. The van der Waals surface area contributed by atoms with E-state index in [9.17, 15) is 13.2 Å². The lowest BCUT2D eigenvalue weighted by Crippen LogP contribution is -2.58. The highest BCUT2D eigenvalue weighted by Gasteiger charge is 2.47. The molecule has 2 aromatic rings. The standard InChI is InChI=1S/C26H34Cl2N2O4S/c1-6-21(16-35(32,33)26(2,3)4)30-23(17-10-12-19(27)13-11-17)24(18-8-7-9-20(28)14-18)34-22(15-29-5)25(30)31/h7-14,21-24,29H,6,15-16H2,1-5H3/t21-,22+,23+,24+/m0/s1. The Morgan fingerprint density at radius 2 is 1.71 bits per heavy atom. The number of carbonyl (C=O) groups excluding carboxylic acids is 1. The van der Waals surface area contributed by atoms with Gasteiger partial charge in [0.1, 0.15) is 12.2 Å². The topological polar surface area (TPSA) is 75.7 Å². The van der Waals surface area contributed by atoms with Crippen LogP contribution >= 0.6 is 23.2 Å². The second-order valence-electron chi connectivity index (χ2n) is 9.86. The maximum atomic E-state index is 13.9. The molecular formula is C26H34Cl2N2O4S. The molecule has 1 fully saturated rings. The molecule has 0 bridgehead atoms. The van der Waals surface area contributed by atoms with E-state index in [2.05, 4.69) is 5.32 Å². The molecule has 0 radical (unpaired) electrons. The van der Waals surface area contributed by atoms with Crippen LogP contribution < -0.4 is 5.32 Å². The normalized spacial score (nSPS) is 22.3. The third-order valence-electron chi connectivity index (χ3n) is 6.41. The Balaban J connectivity index is 2.19. The number of amides is 1. The highest BCUT2D eigenvalue weighted by atomic mass is 35.5. The summed E-state index contributed by atoms with van der Waals surface area (Å²) in [4.78, 5) is 15.6. The zero-order valence-electron chi connectivity index (χ0n) is 20.8. The Bertz CT molecular complexity index is 1130. The zero-order chi connectivity index (χ0) is 26.0. The third-order valence-corrected chi connectivity index (χ3v) is 9.59. The first-order chi connectivity index (χ1) is 16.4. The van der Waals surface area contributed by atoms with Gasteiger partial charge in [0, 0.05) is 22.6 Å². The summed E-state index contributed by atoms with van der Waals surface area (Å²) >= 11 is 12.5. The van der Waals surface area contributed by atoms with Gasteiger partial charge in [0.05, 0.1) is 16.5 Å². The molecule has 192 valence electrons. The van der Waals surface area contributed by atoms with Gasteiger partial charge in [-0.2, -0.15) is 0 Å². The van der Waals surface area contributed by atoms with Crippen LogP contribution in [0.25, 0.3) is 0 Å². The van der Waals surface area contributed by atoms with Gasteiger partial charge >= 0.3 is 0 Å². The van der Waals surface area contributed by atoms with Gasteiger partial charge in [-0.1, -0.05) is 54.4 Å². The molecule has 1 aliphatic heterocycles. The number of hydrogen-bond acceptors (Lipinski definition) is 5. The molecule has 4 atom stereocenters. The van der Waals surface area contributed by atoms with Gasteiger partial charge in [-0.15, -0.1) is 0 Å². The average molecular weight is 542 g/mol. The van der Waals surface area contributed by atoms with Crippen LogP contribution in [0.15, 0.2) is 48.5 Å². The number of nitrogens with one attached hydrogen (secondary N) is 1. The molecule has 9 heteroatoms. The van der Waals surface area contributed by atoms with Crippen molar-refractivity contribution in [3.8, 4) is 0 Å². The maximum absolute atomic E-state index is 13.9. The number of rotatable bonds is 8. The van der Waals surface area contributed by atoms with E-state index in [1.807, 2.05) is 37.3 Å². The van der Waals surface area contributed by atoms with Gasteiger partial charge in [0.2, 0.25) is 0 Å². The molecule has 0 spiro atoms. The summed E-state index contributed by atoms with van der Waals surface area (Å²) in [7, 11) is -1.75. The van der Waals surface area contributed by atoms with Crippen molar-refractivity contribution in [3.63, 3.8) is 0 Å². The van der Waals surface area contributed by atoms with E-state index in [4.69, 9.17) is 27.9 Å². The van der Waals surface area contributed by atoms with E-state index in [1.54, 1.807) is 50.9 Å². The minimum Gasteiger partial charge on any atom is -0.357 e. The summed E-state index contributed by atoms with van der Waals surface area (Å²) in [6, 6.07) is 13.5. The van der Waals surface area contributed by atoms with Crippen LogP contribution in [0.3, 0.4) is 0 Å². The molecular weight excluding hydrogens is 507 g/mol. The molecule has 2 aromatic carbocycles. The average Bonchev–Trinajstić information content (AvgIpc) is 2.78. The van der Waals surface area contributed by atoms with Crippen molar-refractivity contribution in [2.45, 2.75) is 63.2 Å². The summed E-state index contributed by atoms with van der Waals surface area (Å²) in [6.07, 6.45) is -0.865. The predicted octanol–water partition coefficient (Wildman–Crippen LogP) is 5.21. The monoisotopic (exact) mass is 540 g/mol.